The van der Waals surface area contributed by atoms with Crippen molar-refractivity contribution < 1.29 is 4.74 Å². The van der Waals surface area contributed by atoms with E-state index in [2.05, 4.69) is 53.2 Å². The predicted molar refractivity (Wildman–Crippen MR) is 120 cm³/mol. The Morgan fingerprint density at radius 1 is 1.30 bits per heavy atom. The van der Waals surface area contributed by atoms with Crippen molar-refractivity contribution in [2.45, 2.75) is 33.4 Å². The maximum atomic E-state index is 5.94. The zero-order chi connectivity index (χ0) is 18.7. The topological polar surface area (TPSA) is 54.7 Å². The number of hydrogen-bond donors (Lipinski definition) is 1. The van der Waals surface area contributed by atoms with Gasteiger partial charge in [-0.05, 0) is 37.5 Å². The smallest absolute Gasteiger partial charge is 0.194 e. The summed E-state index contributed by atoms with van der Waals surface area (Å²) in [5, 5.41) is 7.79. The van der Waals surface area contributed by atoms with Crippen LogP contribution < -0.4 is 5.32 Å². The van der Waals surface area contributed by atoms with E-state index in [1.807, 2.05) is 31.2 Å². The summed E-state index contributed by atoms with van der Waals surface area (Å²) < 4.78 is 7.75. The second kappa shape index (κ2) is 9.54. The predicted octanol–water partition coefficient (Wildman–Crippen LogP) is 3.11. The highest BCUT2D eigenvalue weighted by atomic mass is 127. The van der Waals surface area contributed by atoms with Gasteiger partial charge in [-0.1, -0.05) is 17.7 Å². The molecule has 6 nitrogen and oxygen atoms in total. The molecule has 3 rings (SSSR count). The van der Waals surface area contributed by atoms with Gasteiger partial charge in [0.2, 0.25) is 0 Å². The van der Waals surface area contributed by atoms with E-state index in [1.165, 1.54) is 22.3 Å². The SMILES string of the molecule is CN=C(NCc1c(C)cc(C)cc1C)N1CCOC(c2cnn(C)c2)C1.I. The Hall–Kier alpha value is -1.61. The minimum Gasteiger partial charge on any atom is -0.370 e. The number of rotatable bonds is 3. The van der Waals surface area contributed by atoms with Crippen LogP contribution in [0.5, 0.6) is 0 Å². The van der Waals surface area contributed by atoms with Crippen LogP contribution in [-0.2, 0) is 18.3 Å². The second-order valence-corrected chi connectivity index (χ2v) is 7.03. The molecule has 1 N–H and O–H groups in total. The van der Waals surface area contributed by atoms with Crippen LogP contribution in [0, 0.1) is 20.8 Å². The van der Waals surface area contributed by atoms with Crippen LogP contribution in [0.4, 0.5) is 0 Å². The Morgan fingerprint density at radius 2 is 2.00 bits per heavy atom. The molecule has 27 heavy (non-hydrogen) atoms. The van der Waals surface area contributed by atoms with E-state index in [1.54, 1.807) is 0 Å². The number of guanidine groups is 1. The third-order valence-electron chi connectivity index (χ3n) is 4.94. The summed E-state index contributed by atoms with van der Waals surface area (Å²) in [6.45, 7) is 9.56. The van der Waals surface area contributed by atoms with Crippen LogP contribution in [0.2, 0.25) is 0 Å². The third-order valence-corrected chi connectivity index (χ3v) is 4.94. The van der Waals surface area contributed by atoms with Gasteiger partial charge in [0.15, 0.2) is 5.96 Å². The number of benzene rings is 1. The molecule has 1 unspecified atom stereocenters. The molecule has 1 aromatic heterocycles. The quantitative estimate of drug-likeness (QED) is 0.414. The van der Waals surface area contributed by atoms with E-state index in [-0.39, 0.29) is 30.1 Å². The number of aryl methyl sites for hydroxylation is 4. The molecule has 1 fully saturated rings. The fraction of sp³-hybridized carbons (Fsp3) is 0.500. The standard InChI is InChI=1S/C20H29N5O.HI/c1-14-8-15(2)18(16(3)9-14)11-22-20(21-4)25-6-7-26-19(13-25)17-10-23-24(5)12-17;/h8-10,12,19H,6-7,11,13H2,1-5H3,(H,21,22);1H. The molecule has 0 aliphatic carbocycles. The van der Waals surface area contributed by atoms with Crippen LogP contribution in [0.25, 0.3) is 0 Å². The number of hydrogen-bond acceptors (Lipinski definition) is 3. The Labute approximate surface area is 179 Å². The first-order chi connectivity index (χ1) is 12.5. The number of aromatic nitrogens is 2. The molecule has 0 bridgehead atoms. The van der Waals surface area contributed by atoms with Crippen molar-refractivity contribution in [3.8, 4) is 0 Å². The van der Waals surface area contributed by atoms with Crippen molar-refractivity contribution >= 4 is 29.9 Å². The molecule has 1 aromatic carbocycles. The summed E-state index contributed by atoms with van der Waals surface area (Å²) >= 11 is 0. The summed E-state index contributed by atoms with van der Waals surface area (Å²) in [6, 6.07) is 4.47. The van der Waals surface area contributed by atoms with Gasteiger partial charge in [-0.3, -0.25) is 9.67 Å². The molecule has 148 valence electrons. The molecule has 1 aliphatic heterocycles. The van der Waals surface area contributed by atoms with Crippen LogP contribution in [0.3, 0.4) is 0 Å². The van der Waals surface area contributed by atoms with Crippen molar-refractivity contribution in [1.82, 2.24) is 20.0 Å². The van der Waals surface area contributed by atoms with E-state index >= 15 is 0 Å². The molecule has 1 saturated heterocycles. The molecule has 0 radical (unpaired) electrons. The second-order valence-electron chi connectivity index (χ2n) is 7.03. The van der Waals surface area contributed by atoms with Gasteiger partial charge in [0.25, 0.3) is 0 Å². The van der Waals surface area contributed by atoms with E-state index in [0.717, 1.165) is 31.2 Å². The Kier molecular flexibility index (Phi) is 7.67. The van der Waals surface area contributed by atoms with E-state index in [0.29, 0.717) is 6.61 Å². The monoisotopic (exact) mass is 483 g/mol. The maximum Gasteiger partial charge on any atom is 0.194 e. The lowest BCUT2D eigenvalue weighted by Gasteiger charge is -2.35. The van der Waals surface area contributed by atoms with Crippen molar-refractivity contribution in [3.05, 3.63) is 52.3 Å². The minimum absolute atomic E-state index is 0. The van der Waals surface area contributed by atoms with Gasteiger partial charge in [0, 0.05) is 38.9 Å². The molecule has 1 aliphatic rings. The normalized spacial score (nSPS) is 17.6. The summed E-state index contributed by atoms with van der Waals surface area (Å²) in [7, 11) is 3.77. The Bertz CT molecular complexity index is 778. The summed E-state index contributed by atoms with van der Waals surface area (Å²) in [5.41, 5.74) is 6.40. The molecule has 0 saturated carbocycles. The van der Waals surface area contributed by atoms with Gasteiger partial charge in [-0.15, -0.1) is 24.0 Å². The first kappa shape index (κ1) is 21.7. The summed E-state index contributed by atoms with van der Waals surface area (Å²) in [5.74, 6) is 0.918. The first-order valence-electron chi connectivity index (χ1n) is 9.10. The molecular weight excluding hydrogens is 453 g/mol. The number of aliphatic imine (C=N–C) groups is 1. The van der Waals surface area contributed by atoms with Crippen molar-refractivity contribution in [2.75, 3.05) is 26.7 Å². The molecule has 2 heterocycles. The molecule has 0 spiro atoms. The van der Waals surface area contributed by atoms with Crippen molar-refractivity contribution in [3.63, 3.8) is 0 Å². The average molecular weight is 483 g/mol. The molecule has 0 amide bonds. The molecule has 2 aromatic rings. The van der Waals surface area contributed by atoms with Crippen molar-refractivity contribution in [2.24, 2.45) is 12.0 Å². The number of halogens is 1. The lowest BCUT2D eigenvalue weighted by atomic mass is 10.00. The van der Waals surface area contributed by atoms with Gasteiger partial charge >= 0.3 is 0 Å². The zero-order valence-corrected chi connectivity index (χ0v) is 19.2. The van der Waals surface area contributed by atoms with Crippen LogP contribution >= 0.6 is 24.0 Å². The number of morpholine rings is 1. The summed E-state index contributed by atoms with van der Waals surface area (Å²) in [4.78, 5) is 6.76. The van der Waals surface area contributed by atoms with E-state index in [4.69, 9.17) is 4.74 Å². The van der Waals surface area contributed by atoms with Crippen LogP contribution in [-0.4, -0.2) is 47.4 Å². The number of ether oxygens (including phenoxy) is 1. The van der Waals surface area contributed by atoms with Gasteiger partial charge in [-0.2, -0.15) is 5.10 Å². The largest absolute Gasteiger partial charge is 0.370 e. The highest BCUT2D eigenvalue weighted by Crippen LogP contribution is 2.22. The molecule has 7 heteroatoms. The third kappa shape index (κ3) is 5.22. The number of nitrogens with one attached hydrogen (secondary N) is 1. The lowest BCUT2D eigenvalue weighted by molar-refractivity contribution is -0.00805. The minimum atomic E-state index is 0. The highest BCUT2D eigenvalue weighted by Gasteiger charge is 2.25. The van der Waals surface area contributed by atoms with Crippen LogP contribution in [0.15, 0.2) is 29.5 Å². The van der Waals surface area contributed by atoms with Crippen LogP contribution in [0.1, 0.15) is 33.9 Å². The Balaban J connectivity index is 0.00000261. The van der Waals surface area contributed by atoms with Gasteiger partial charge in [-0.25, -0.2) is 0 Å². The maximum absolute atomic E-state index is 5.94. The lowest BCUT2D eigenvalue weighted by Crippen LogP contribution is -2.48. The van der Waals surface area contributed by atoms with Gasteiger partial charge in [0.05, 0.1) is 19.3 Å². The zero-order valence-electron chi connectivity index (χ0n) is 16.8. The first-order valence-corrected chi connectivity index (χ1v) is 9.10. The summed E-state index contributed by atoms with van der Waals surface area (Å²) in [6.07, 6.45) is 3.92. The molecule has 1 atom stereocenters. The Morgan fingerprint density at radius 3 is 2.59 bits per heavy atom. The van der Waals surface area contributed by atoms with Gasteiger partial charge in [0.1, 0.15) is 6.10 Å². The highest BCUT2D eigenvalue weighted by molar-refractivity contribution is 14.0. The number of nitrogens with zero attached hydrogens (tertiary/aromatic N) is 4. The van der Waals surface area contributed by atoms with Gasteiger partial charge < -0.3 is 15.0 Å². The molecular formula is C20H30IN5O. The fourth-order valence-corrected chi connectivity index (χ4v) is 3.64. The van der Waals surface area contributed by atoms with Crippen molar-refractivity contribution in [1.29, 1.82) is 0 Å². The van der Waals surface area contributed by atoms with E-state index < -0.39 is 0 Å². The average Bonchev–Trinajstić information content (AvgIpc) is 3.04. The van der Waals surface area contributed by atoms with E-state index in [9.17, 15) is 0 Å². The fourth-order valence-electron chi connectivity index (χ4n) is 3.64.